The van der Waals surface area contributed by atoms with Gasteiger partial charge in [-0.25, -0.2) is 27.3 Å². The van der Waals surface area contributed by atoms with E-state index >= 15 is 0 Å². The number of anilines is 3. The molecular weight excluding hydrogens is 480 g/mol. The first-order valence-electron chi connectivity index (χ1n) is 9.97. The summed E-state index contributed by atoms with van der Waals surface area (Å²) in [4.78, 5) is 29.6. The van der Waals surface area contributed by atoms with E-state index in [-0.39, 0.29) is 34.4 Å². The van der Waals surface area contributed by atoms with Crippen molar-refractivity contribution in [2.24, 2.45) is 7.05 Å². The molecule has 1 saturated heterocycles. The Morgan fingerprint density at radius 1 is 1.21 bits per heavy atom. The smallest absolute Gasteiger partial charge is 0.409 e. The minimum atomic E-state index is -2.91. The van der Waals surface area contributed by atoms with Crippen molar-refractivity contribution < 1.29 is 32.3 Å². The predicted octanol–water partition coefficient (Wildman–Crippen LogP) is 4.40. The number of alkyl halides is 2. The summed E-state index contributed by atoms with van der Waals surface area (Å²) in [6.07, 6.45) is -0.270. The third-order valence-electron chi connectivity index (χ3n) is 5.09. The van der Waals surface area contributed by atoms with Crippen LogP contribution in [0.4, 0.5) is 38.9 Å². The number of nitrogens with one attached hydrogen (secondary N) is 2. The summed E-state index contributed by atoms with van der Waals surface area (Å²) in [5, 5.41) is 17.1. The monoisotopic (exact) mass is 498 g/mol. The average molecular weight is 498 g/mol. The fourth-order valence-electron chi connectivity index (χ4n) is 3.69. The first kappa shape index (κ1) is 23.5. The normalized spacial score (nSPS) is 15.3. The Labute approximate surface area is 194 Å². The fourth-order valence-corrected chi connectivity index (χ4v) is 4.69. The number of hydrogen-bond donors (Lipinski definition) is 3. The lowest BCUT2D eigenvalue weighted by atomic mass is 10.1. The summed E-state index contributed by atoms with van der Waals surface area (Å²) in [5.74, 6) is -5.47. The zero-order valence-corrected chi connectivity index (χ0v) is 18.4. The molecule has 0 unspecified atom stereocenters. The van der Waals surface area contributed by atoms with Gasteiger partial charge in [0, 0.05) is 20.0 Å². The predicted molar refractivity (Wildman–Crippen MR) is 117 cm³/mol. The van der Waals surface area contributed by atoms with E-state index in [0.29, 0.717) is 17.9 Å². The van der Waals surface area contributed by atoms with Crippen LogP contribution in [-0.2, 0) is 7.05 Å². The summed E-state index contributed by atoms with van der Waals surface area (Å²) in [6, 6.07) is 3.15. The molecule has 0 saturated carbocycles. The molecule has 34 heavy (non-hydrogen) atoms. The quantitative estimate of drug-likeness (QED) is 0.450. The molecule has 4 rings (SSSR count). The Balaban J connectivity index is 1.68. The lowest BCUT2D eigenvalue weighted by Crippen LogP contribution is -2.43. The lowest BCUT2D eigenvalue weighted by molar-refractivity contribution is -0.0119. The van der Waals surface area contributed by atoms with Gasteiger partial charge in [-0.1, -0.05) is 17.4 Å². The summed E-state index contributed by atoms with van der Waals surface area (Å²) < 4.78 is 57.7. The van der Waals surface area contributed by atoms with Gasteiger partial charge in [-0.3, -0.25) is 14.8 Å². The Morgan fingerprint density at radius 3 is 2.56 bits per heavy atom. The molecule has 1 aliphatic heterocycles. The fraction of sp³-hybridized carbons (Fsp3) is 0.300. The number of piperidine rings is 1. The van der Waals surface area contributed by atoms with Crippen LogP contribution in [0.25, 0.3) is 10.6 Å². The molecule has 1 aliphatic rings. The molecule has 9 nitrogen and oxygen atoms in total. The van der Waals surface area contributed by atoms with Crippen LogP contribution in [0.15, 0.2) is 24.4 Å². The summed E-state index contributed by atoms with van der Waals surface area (Å²) >= 11 is 0.571. The highest BCUT2D eigenvalue weighted by atomic mass is 32.1. The Morgan fingerprint density at radius 2 is 1.91 bits per heavy atom. The molecule has 2 aromatic heterocycles. The van der Waals surface area contributed by atoms with E-state index in [4.69, 9.17) is 5.11 Å². The number of rotatable bonds is 5. The molecule has 0 atom stereocenters. The Hall–Kier alpha value is -3.68. The summed E-state index contributed by atoms with van der Waals surface area (Å²) in [7, 11) is 1.52. The van der Waals surface area contributed by atoms with Gasteiger partial charge in [-0.05, 0) is 18.6 Å². The van der Waals surface area contributed by atoms with E-state index in [0.717, 1.165) is 18.2 Å². The summed E-state index contributed by atoms with van der Waals surface area (Å²) in [6.45, 7) is -0.244. The third-order valence-corrected chi connectivity index (χ3v) is 6.08. The number of hydrogen-bond acceptors (Lipinski definition) is 6. The van der Waals surface area contributed by atoms with Crippen molar-refractivity contribution in [1.82, 2.24) is 14.8 Å². The first-order valence-corrected chi connectivity index (χ1v) is 10.8. The van der Waals surface area contributed by atoms with E-state index < -0.39 is 47.4 Å². The topological polar surface area (TPSA) is 112 Å². The second-order valence-electron chi connectivity index (χ2n) is 7.56. The highest BCUT2D eigenvalue weighted by Crippen LogP contribution is 2.37. The van der Waals surface area contributed by atoms with E-state index in [2.05, 4.69) is 15.4 Å². The molecule has 0 radical (unpaired) electrons. The van der Waals surface area contributed by atoms with Gasteiger partial charge < -0.3 is 15.3 Å². The number of thiazole rings is 1. The Kier molecular flexibility index (Phi) is 6.17. The van der Waals surface area contributed by atoms with Crippen LogP contribution in [0.3, 0.4) is 0 Å². The first-order chi connectivity index (χ1) is 16.1. The average Bonchev–Trinajstić information content (AvgIpc) is 3.30. The molecule has 1 aromatic carbocycles. The Bertz CT molecular complexity index is 1240. The van der Waals surface area contributed by atoms with E-state index in [9.17, 15) is 27.2 Å². The van der Waals surface area contributed by atoms with Crippen LogP contribution in [0, 0.1) is 11.6 Å². The minimum Gasteiger partial charge on any atom is -0.465 e. The maximum atomic E-state index is 14.2. The SMILES string of the molecule is Cn1ncc(NC(=O)c2nc(-c3c(F)cccc3F)sc2NC(=O)O)c1N1CCCC(F)(F)C1. The molecular formula is C20H18F4N6O3S. The number of benzene rings is 1. The van der Waals surface area contributed by atoms with Crippen molar-refractivity contribution in [3.05, 3.63) is 41.7 Å². The van der Waals surface area contributed by atoms with Gasteiger partial charge in [0.05, 0.1) is 18.3 Å². The van der Waals surface area contributed by atoms with Gasteiger partial charge in [0.15, 0.2) is 11.5 Å². The van der Waals surface area contributed by atoms with Gasteiger partial charge >= 0.3 is 6.09 Å². The van der Waals surface area contributed by atoms with Crippen LogP contribution in [-0.4, -0.2) is 50.9 Å². The molecule has 0 aliphatic carbocycles. The second kappa shape index (κ2) is 8.93. The van der Waals surface area contributed by atoms with Gasteiger partial charge in [0.2, 0.25) is 0 Å². The molecule has 3 heterocycles. The number of carbonyl (C=O) groups is 2. The third kappa shape index (κ3) is 4.66. The molecule has 14 heteroatoms. The number of halogens is 4. The molecule has 1 fully saturated rings. The standard InChI is InChI=1S/C20H18F4N6O3S/c1-29-18(30-7-3-6-20(23,24)9-30)12(8-25-29)26-15(31)14-17(28-19(32)33)34-16(27-14)13-10(21)4-2-5-11(13)22/h2,4-5,8,28H,3,6-7,9H2,1H3,(H,26,31)(H,32,33). The molecule has 3 aromatic rings. The van der Waals surface area contributed by atoms with Crippen molar-refractivity contribution in [1.29, 1.82) is 0 Å². The van der Waals surface area contributed by atoms with Crippen LogP contribution < -0.4 is 15.5 Å². The lowest BCUT2D eigenvalue weighted by Gasteiger charge is -2.34. The number of nitrogens with zero attached hydrogens (tertiary/aromatic N) is 4. The van der Waals surface area contributed by atoms with Crippen LogP contribution in [0.1, 0.15) is 23.3 Å². The number of aryl methyl sites for hydroxylation is 1. The number of carbonyl (C=O) groups excluding carboxylic acids is 1. The van der Waals surface area contributed by atoms with E-state index in [1.807, 2.05) is 5.32 Å². The van der Waals surface area contributed by atoms with E-state index in [1.165, 1.54) is 22.8 Å². The maximum absolute atomic E-state index is 14.2. The maximum Gasteiger partial charge on any atom is 0.409 e. The number of amides is 2. The largest absolute Gasteiger partial charge is 0.465 e. The summed E-state index contributed by atoms with van der Waals surface area (Å²) in [5.41, 5.74) is -0.862. The number of aromatic nitrogens is 3. The van der Waals surface area contributed by atoms with Gasteiger partial charge in [0.1, 0.15) is 27.3 Å². The van der Waals surface area contributed by atoms with Gasteiger partial charge in [0.25, 0.3) is 11.8 Å². The van der Waals surface area contributed by atoms with Gasteiger partial charge in [-0.2, -0.15) is 5.10 Å². The molecule has 3 N–H and O–H groups in total. The molecule has 180 valence electrons. The van der Waals surface area contributed by atoms with E-state index in [1.54, 1.807) is 0 Å². The highest BCUT2D eigenvalue weighted by Gasteiger charge is 2.37. The zero-order valence-electron chi connectivity index (χ0n) is 17.6. The van der Waals surface area contributed by atoms with Crippen LogP contribution >= 0.6 is 11.3 Å². The minimum absolute atomic E-state index is 0.0955. The molecule has 0 bridgehead atoms. The van der Waals surface area contributed by atoms with Crippen LogP contribution in [0.5, 0.6) is 0 Å². The van der Waals surface area contributed by atoms with Crippen molar-refractivity contribution in [2.45, 2.75) is 18.8 Å². The van der Waals surface area contributed by atoms with Crippen molar-refractivity contribution in [2.75, 3.05) is 28.6 Å². The van der Waals surface area contributed by atoms with Crippen molar-refractivity contribution >= 4 is 39.8 Å². The molecule has 0 spiro atoms. The number of carboxylic acid groups (broad SMARTS) is 1. The van der Waals surface area contributed by atoms with Gasteiger partial charge in [-0.15, -0.1) is 0 Å². The second-order valence-corrected chi connectivity index (χ2v) is 8.56. The van der Waals surface area contributed by atoms with Crippen molar-refractivity contribution in [3.63, 3.8) is 0 Å². The van der Waals surface area contributed by atoms with Crippen molar-refractivity contribution in [3.8, 4) is 10.6 Å². The van der Waals surface area contributed by atoms with Crippen LogP contribution in [0.2, 0.25) is 0 Å². The highest BCUT2D eigenvalue weighted by molar-refractivity contribution is 7.19. The molecule has 2 amide bonds. The zero-order chi connectivity index (χ0) is 24.6.